The van der Waals surface area contributed by atoms with E-state index in [9.17, 15) is 18.0 Å². The zero-order valence-electron chi connectivity index (χ0n) is 10.4. The van der Waals surface area contributed by atoms with Crippen LogP contribution in [0.15, 0.2) is 24.8 Å². The number of hydrogen-bond acceptors (Lipinski definition) is 4. The molecule has 0 aromatic carbocycles. The maximum atomic E-state index is 11.5. The van der Waals surface area contributed by atoms with Crippen molar-refractivity contribution in [3.63, 3.8) is 0 Å². The summed E-state index contributed by atoms with van der Waals surface area (Å²) in [7, 11) is 0. The van der Waals surface area contributed by atoms with Crippen molar-refractivity contribution in [3.8, 4) is 0 Å². The van der Waals surface area contributed by atoms with Crippen LogP contribution in [0.5, 0.6) is 0 Å². The number of hydrogen-bond donors (Lipinski definition) is 2. The first kappa shape index (κ1) is 16.2. The van der Waals surface area contributed by atoms with Gasteiger partial charge in [-0.3, -0.25) is 5.32 Å². The highest BCUT2D eigenvalue weighted by Gasteiger charge is 2.44. The number of carboxylic acids is 1. The van der Waals surface area contributed by atoms with Gasteiger partial charge in [-0.05, 0) is 18.9 Å². The van der Waals surface area contributed by atoms with Gasteiger partial charge in [0, 0.05) is 6.04 Å². The SMILES string of the molecule is C=C[C@H]1CC[C@@]2(C=CCOC2=O)N1.O=C(O)C(F)(F)F. The highest BCUT2D eigenvalue weighted by Crippen LogP contribution is 2.28. The van der Waals surface area contributed by atoms with Gasteiger partial charge in [-0.2, -0.15) is 13.2 Å². The quantitative estimate of drug-likeness (QED) is 0.565. The number of esters is 1. The minimum absolute atomic E-state index is 0.153. The van der Waals surface area contributed by atoms with Gasteiger partial charge in [0.2, 0.25) is 0 Å². The van der Waals surface area contributed by atoms with Crippen molar-refractivity contribution in [1.29, 1.82) is 0 Å². The van der Waals surface area contributed by atoms with E-state index in [1.807, 2.05) is 18.2 Å². The van der Waals surface area contributed by atoms with Crippen LogP contribution in [0.25, 0.3) is 0 Å². The molecule has 0 aromatic rings. The average Bonchev–Trinajstić information content (AvgIpc) is 2.77. The van der Waals surface area contributed by atoms with Crippen LogP contribution in [0.1, 0.15) is 12.8 Å². The Morgan fingerprint density at radius 2 is 2.20 bits per heavy atom. The number of cyclic esters (lactones) is 1. The molecule has 0 aromatic heterocycles. The summed E-state index contributed by atoms with van der Waals surface area (Å²) in [5.74, 6) is -2.91. The summed E-state index contributed by atoms with van der Waals surface area (Å²) < 4.78 is 36.7. The Bertz CT molecular complexity index is 433. The molecule has 2 heterocycles. The summed E-state index contributed by atoms with van der Waals surface area (Å²) in [5, 5.41) is 10.4. The van der Waals surface area contributed by atoms with E-state index in [1.165, 1.54) is 0 Å². The number of nitrogens with one attached hydrogen (secondary N) is 1. The zero-order valence-corrected chi connectivity index (χ0v) is 10.4. The van der Waals surface area contributed by atoms with E-state index >= 15 is 0 Å². The van der Waals surface area contributed by atoms with E-state index in [0.717, 1.165) is 12.8 Å². The molecule has 0 radical (unpaired) electrons. The molecule has 1 spiro atoms. The third-order valence-electron chi connectivity index (χ3n) is 2.90. The summed E-state index contributed by atoms with van der Waals surface area (Å²) in [6.07, 6.45) is 2.31. The Hall–Kier alpha value is -1.83. The second-order valence-electron chi connectivity index (χ2n) is 4.30. The average molecular weight is 293 g/mol. The molecular formula is C12H14F3NO4. The number of ether oxygens (including phenoxy) is 1. The Kier molecular flexibility index (Phi) is 4.93. The van der Waals surface area contributed by atoms with Crippen LogP contribution < -0.4 is 5.32 Å². The number of carbonyl (C=O) groups is 2. The Balaban J connectivity index is 0.000000246. The fourth-order valence-electron chi connectivity index (χ4n) is 1.90. The van der Waals surface area contributed by atoms with Crippen molar-refractivity contribution < 1.29 is 32.6 Å². The molecule has 0 aliphatic carbocycles. The number of carbonyl (C=O) groups excluding carboxylic acids is 1. The Labute approximate surface area is 113 Å². The van der Waals surface area contributed by atoms with Gasteiger partial charge in [0.1, 0.15) is 12.1 Å². The van der Waals surface area contributed by atoms with Gasteiger partial charge in [0.25, 0.3) is 0 Å². The van der Waals surface area contributed by atoms with Gasteiger partial charge in [0.15, 0.2) is 0 Å². The highest BCUT2D eigenvalue weighted by molar-refractivity contribution is 5.85. The van der Waals surface area contributed by atoms with Crippen LogP contribution in [-0.2, 0) is 14.3 Å². The molecule has 2 N–H and O–H groups in total. The minimum Gasteiger partial charge on any atom is -0.475 e. The van der Waals surface area contributed by atoms with Gasteiger partial charge in [0.05, 0.1) is 0 Å². The molecule has 1 saturated heterocycles. The zero-order chi connectivity index (χ0) is 15.4. The molecule has 1 fully saturated rings. The lowest BCUT2D eigenvalue weighted by molar-refractivity contribution is -0.192. The van der Waals surface area contributed by atoms with E-state index in [-0.39, 0.29) is 12.0 Å². The molecule has 0 amide bonds. The molecule has 2 aliphatic rings. The number of carboxylic acid groups (broad SMARTS) is 1. The summed E-state index contributed by atoms with van der Waals surface area (Å²) in [4.78, 5) is 20.4. The third-order valence-corrected chi connectivity index (χ3v) is 2.90. The predicted octanol–water partition coefficient (Wildman–Crippen LogP) is 1.41. The van der Waals surface area contributed by atoms with Crippen LogP contribution in [0.3, 0.4) is 0 Å². The monoisotopic (exact) mass is 293 g/mol. The lowest BCUT2D eigenvalue weighted by atomic mass is 9.96. The summed E-state index contributed by atoms with van der Waals surface area (Å²) >= 11 is 0. The topological polar surface area (TPSA) is 75.6 Å². The first-order valence-corrected chi connectivity index (χ1v) is 5.76. The summed E-state index contributed by atoms with van der Waals surface area (Å²) in [6, 6.07) is 0.232. The van der Waals surface area contributed by atoms with Crippen molar-refractivity contribution in [2.75, 3.05) is 6.61 Å². The standard InChI is InChI=1S/C10H13NO2.C2HF3O2/c1-2-8-4-6-10(11-8)5-3-7-13-9(10)12;3-2(4,5)1(6)7/h2-3,5,8,11H,1,4,6-7H2;(H,6,7)/t8-,10+;/m0./s1. The summed E-state index contributed by atoms with van der Waals surface area (Å²) in [6.45, 7) is 4.11. The largest absolute Gasteiger partial charge is 0.490 e. The molecule has 5 nitrogen and oxygen atoms in total. The molecule has 0 bridgehead atoms. The lowest BCUT2D eigenvalue weighted by Crippen LogP contribution is -2.50. The van der Waals surface area contributed by atoms with E-state index in [2.05, 4.69) is 11.9 Å². The minimum atomic E-state index is -5.08. The highest BCUT2D eigenvalue weighted by atomic mass is 19.4. The Morgan fingerprint density at radius 3 is 2.60 bits per heavy atom. The molecule has 0 unspecified atom stereocenters. The number of alkyl halides is 3. The van der Waals surface area contributed by atoms with Gasteiger partial charge in [-0.15, -0.1) is 6.58 Å². The van der Waals surface area contributed by atoms with Gasteiger partial charge >= 0.3 is 18.1 Å². The maximum Gasteiger partial charge on any atom is 0.490 e. The molecule has 20 heavy (non-hydrogen) atoms. The van der Waals surface area contributed by atoms with Gasteiger partial charge in [-0.1, -0.05) is 12.2 Å². The van der Waals surface area contributed by atoms with Crippen molar-refractivity contribution >= 4 is 11.9 Å². The van der Waals surface area contributed by atoms with E-state index in [1.54, 1.807) is 0 Å². The van der Waals surface area contributed by atoms with E-state index in [4.69, 9.17) is 14.6 Å². The fraction of sp³-hybridized carbons (Fsp3) is 0.500. The van der Waals surface area contributed by atoms with Crippen LogP contribution in [0, 0.1) is 0 Å². The second kappa shape index (κ2) is 6.08. The molecular weight excluding hydrogens is 279 g/mol. The smallest absolute Gasteiger partial charge is 0.475 e. The molecule has 112 valence electrons. The van der Waals surface area contributed by atoms with Crippen LogP contribution in [-0.4, -0.2) is 41.4 Å². The van der Waals surface area contributed by atoms with Gasteiger partial charge in [-0.25, -0.2) is 9.59 Å². The fourth-order valence-corrected chi connectivity index (χ4v) is 1.90. The van der Waals surface area contributed by atoms with E-state index < -0.39 is 17.7 Å². The molecule has 8 heteroatoms. The molecule has 2 aliphatic heterocycles. The van der Waals surface area contributed by atoms with E-state index in [0.29, 0.717) is 6.61 Å². The van der Waals surface area contributed by atoms with Crippen molar-refractivity contribution in [1.82, 2.24) is 5.32 Å². The maximum absolute atomic E-state index is 11.5. The number of aliphatic carboxylic acids is 1. The first-order chi connectivity index (χ1) is 9.21. The number of rotatable bonds is 1. The van der Waals surface area contributed by atoms with Crippen LogP contribution >= 0.6 is 0 Å². The first-order valence-electron chi connectivity index (χ1n) is 5.76. The number of halogens is 3. The molecule has 0 saturated carbocycles. The summed E-state index contributed by atoms with van der Waals surface area (Å²) in [5.41, 5.74) is -0.558. The Morgan fingerprint density at radius 1 is 1.60 bits per heavy atom. The normalized spacial score (nSPS) is 28.6. The molecule has 2 atom stereocenters. The van der Waals surface area contributed by atoms with Crippen molar-refractivity contribution in [2.45, 2.75) is 30.6 Å². The van der Waals surface area contributed by atoms with Gasteiger partial charge < -0.3 is 9.84 Å². The predicted molar refractivity (Wildman–Crippen MR) is 62.9 cm³/mol. The van der Waals surface area contributed by atoms with Crippen molar-refractivity contribution in [3.05, 3.63) is 24.8 Å². The molecule has 2 rings (SSSR count). The lowest BCUT2D eigenvalue weighted by Gasteiger charge is -2.27. The second-order valence-corrected chi connectivity index (χ2v) is 4.30. The van der Waals surface area contributed by atoms with Crippen molar-refractivity contribution in [2.24, 2.45) is 0 Å². The van der Waals surface area contributed by atoms with Crippen LogP contribution in [0.4, 0.5) is 13.2 Å². The van der Waals surface area contributed by atoms with Crippen LogP contribution in [0.2, 0.25) is 0 Å². The third kappa shape index (κ3) is 3.83.